The van der Waals surface area contributed by atoms with Gasteiger partial charge in [0.2, 0.25) is 0 Å². The van der Waals surface area contributed by atoms with Gasteiger partial charge in [0.15, 0.2) is 0 Å². The molecule has 0 aliphatic rings. The predicted molar refractivity (Wildman–Crippen MR) is 63.0 cm³/mol. The molecule has 0 atom stereocenters. The van der Waals surface area contributed by atoms with Crippen molar-refractivity contribution in [1.29, 1.82) is 0 Å². The molecular weight excluding hydrogens is 321 g/mol. The summed E-state index contributed by atoms with van der Waals surface area (Å²) in [6.45, 7) is 0. The van der Waals surface area contributed by atoms with Gasteiger partial charge in [-0.2, -0.15) is 0 Å². The minimum Gasteiger partial charge on any atom is -0.303 e. The number of phosphoric acid groups is 3. The standard InChI is InChI=1S/3CH4.3H3O4P/c;;;3*1-5(2,3)4/h3*1H4;3*(H3,1,2,3,4). The van der Waals surface area contributed by atoms with Crippen LogP contribution in [-0.4, -0.2) is 44.0 Å². The van der Waals surface area contributed by atoms with Crippen molar-refractivity contribution in [2.45, 2.75) is 22.3 Å². The Morgan fingerprint density at radius 1 is 0.389 bits per heavy atom. The van der Waals surface area contributed by atoms with Gasteiger partial charge in [0.25, 0.3) is 0 Å². The molecule has 0 aromatic carbocycles. The van der Waals surface area contributed by atoms with Gasteiger partial charge in [-0.3, -0.25) is 0 Å². The molecule has 0 radical (unpaired) electrons. The molecule has 0 unspecified atom stereocenters. The second-order valence-electron chi connectivity index (χ2n) is 1.54. The van der Waals surface area contributed by atoms with Crippen molar-refractivity contribution in [2.75, 3.05) is 0 Å². The summed E-state index contributed by atoms with van der Waals surface area (Å²) in [5.74, 6) is 0. The van der Waals surface area contributed by atoms with Crippen LogP contribution in [0.3, 0.4) is 0 Å². The first-order chi connectivity index (χ1) is 6.00. The van der Waals surface area contributed by atoms with Gasteiger partial charge in [-0.05, 0) is 0 Å². The van der Waals surface area contributed by atoms with E-state index in [1.165, 1.54) is 0 Å². The van der Waals surface area contributed by atoms with E-state index < -0.39 is 23.5 Å². The van der Waals surface area contributed by atoms with Gasteiger partial charge in [0.1, 0.15) is 0 Å². The summed E-state index contributed by atoms with van der Waals surface area (Å²) < 4.78 is 26.6. The minimum absolute atomic E-state index is 0. The van der Waals surface area contributed by atoms with E-state index in [1.54, 1.807) is 0 Å². The summed E-state index contributed by atoms with van der Waals surface area (Å²) in [4.78, 5) is 64.7. The molecular formula is C3H21O12P3. The maximum absolute atomic E-state index is 8.88. The molecule has 0 bridgehead atoms. The molecule has 0 aliphatic carbocycles. The summed E-state index contributed by atoms with van der Waals surface area (Å²) in [7, 11) is -13.9. The summed E-state index contributed by atoms with van der Waals surface area (Å²) >= 11 is 0. The summed E-state index contributed by atoms with van der Waals surface area (Å²) in [6.07, 6.45) is 0. The quantitative estimate of drug-likeness (QED) is 0.244. The average molecular weight is 342 g/mol. The van der Waals surface area contributed by atoms with Crippen molar-refractivity contribution in [3.8, 4) is 0 Å². The van der Waals surface area contributed by atoms with Crippen LogP contribution in [0.5, 0.6) is 0 Å². The van der Waals surface area contributed by atoms with E-state index in [1.807, 2.05) is 0 Å². The highest BCUT2D eigenvalue weighted by molar-refractivity contribution is 7.45. The maximum Gasteiger partial charge on any atom is 0.466 e. The topological polar surface area (TPSA) is 233 Å². The Morgan fingerprint density at radius 3 is 0.389 bits per heavy atom. The van der Waals surface area contributed by atoms with Crippen LogP contribution in [0.2, 0.25) is 0 Å². The first-order valence-electron chi connectivity index (χ1n) is 2.35. The Bertz CT molecular complexity index is 209. The van der Waals surface area contributed by atoms with Crippen LogP contribution in [0.1, 0.15) is 22.3 Å². The van der Waals surface area contributed by atoms with Gasteiger partial charge < -0.3 is 44.0 Å². The molecule has 12 nitrogen and oxygen atoms in total. The van der Waals surface area contributed by atoms with E-state index >= 15 is 0 Å². The van der Waals surface area contributed by atoms with E-state index in [0.717, 1.165) is 0 Å². The Morgan fingerprint density at radius 2 is 0.389 bits per heavy atom. The SMILES string of the molecule is C.C.C.O=P(O)(O)O.O=P(O)(O)O.O=P(O)(O)O. The molecule has 0 amide bonds. The lowest BCUT2D eigenvalue weighted by Crippen LogP contribution is -1.66. The van der Waals surface area contributed by atoms with E-state index in [9.17, 15) is 0 Å². The Balaban J connectivity index is -0.0000000277. The van der Waals surface area contributed by atoms with Crippen LogP contribution in [-0.2, 0) is 13.7 Å². The third-order valence-corrected chi connectivity index (χ3v) is 0. The fourth-order valence-electron chi connectivity index (χ4n) is 0. The van der Waals surface area contributed by atoms with Crippen LogP contribution in [0, 0.1) is 0 Å². The van der Waals surface area contributed by atoms with Gasteiger partial charge in [-0.15, -0.1) is 0 Å². The Hall–Kier alpha value is 0.330. The van der Waals surface area contributed by atoms with E-state index in [4.69, 9.17) is 57.7 Å². The fraction of sp³-hybridized carbons (Fsp3) is 1.00. The first-order valence-corrected chi connectivity index (χ1v) is 7.04. The molecule has 0 spiro atoms. The largest absolute Gasteiger partial charge is 0.466 e. The molecule has 0 saturated heterocycles. The zero-order valence-corrected chi connectivity index (χ0v) is 9.27. The zero-order chi connectivity index (χ0) is 13.5. The molecule has 0 aliphatic heterocycles. The van der Waals surface area contributed by atoms with Gasteiger partial charge >= 0.3 is 23.5 Å². The zero-order valence-electron chi connectivity index (χ0n) is 6.59. The summed E-state index contributed by atoms with van der Waals surface area (Å²) in [6, 6.07) is 0. The predicted octanol–water partition coefficient (Wildman–Crippen LogP) is -0.878. The fourth-order valence-corrected chi connectivity index (χ4v) is 0. The molecule has 120 valence electrons. The lowest BCUT2D eigenvalue weighted by molar-refractivity contribution is 0.272. The van der Waals surface area contributed by atoms with Crippen LogP contribution in [0.25, 0.3) is 0 Å². The van der Waals surface area contributed by atoms with E-state index in [-0.39, 0.29) is 22.3 Å². The van der Waals surface area contributed by atoms with Crippen LogP contribution >= 0.6 is 23.5 Å². The molecule has 0 aromatic heterocycles. The molecule has 0 rings (SSSR count). The van der Waals surface area contributed by atoms with Crippen molar-refractivity contribution in [1.82, 2.24) is 0 Å². The maximum atomic E-state index is 8.88. The number of hydrogen-bond donors (Lipinski definition) is 9. The van der Waals surface area contributed by atoms with Crippen molar-refractivity contribution in [2.24, 2.45) is 0 Å². The van der Waals surface area contributed by atoms with Gasteiger partial charge in [0.05, 0.1) is 0 Å². The third-order valence-electron chi connectivity index (χ3n) is 0. The highest BCUT2D eigenvalue weighted by Crippen LogP contribution is 2.26. The third kappa shape index (κ3) is 35200. The second-order valence-corrected chi connectivity index (χ2v) is 4.62. The summed E-state index contributed by atoms with van der Waals surface area (Å²) in [5.41, 5.74) is 0. The monoisotopic (exact) mass is 342 g/mol. The smallest absolute Gasteiger partial charge is 0.303 e. The highest BCUT2D eigenvalue weighted by atomic mass is 31.2. The number of hydrogen-bond acceptors (Lipinski definition) is 3. The average Bonchev–Trinajstić information content (AvgIpc) is 1.41. The lowest BCUT2D eigenvalue weighted by atomic mass is 12.0. The molecule has 9 N–H and O–H groups in total. The van der Waals surface area contributed by atoms with Crippen LogP contribution in [0.4, 0.5) is 0 Å². The van der Waals surface area contributed by atoms with Gasteiger partial charge in [0, 0.05) is 0 Å². The minimum atomic E-state index is -4.64. The molecule has 0 heterocycles. The number of rotatable bonds is 0. The van der Waals surface area contributed by atoms with E-state index in [2.05, 4.69) is 0 Å². The lowest BCUT2D eigenvalue weighted by Gasteiger charge is -1.82. The Kier molecular flexibility index (Phi) is 27.7. The summed E-state index contributed by atoms with van der Waals surface area (Å²) in [5, 5.41) is 0. The molecule has 0 aromatic rings. The first kappa shape index (κ1) is 36.2. The van der Waals surface area contributed by atoms with Crippen LogP contribution < -0.4 is 0 Å². The highest BCUT2D eigenvalue weighted by Gasteiger charge is 2.01. The van der Waals surface area contributed by atoms with Crippen LogP contribution in [0.15, 0.2) is 0 Å². The van der Waals surface area contributed by atoms with E-state index in [0.29, 0.717) is 0 Å². The molecule has 15 heteroatoms. The molecule has 0 fully saturated rings. The second kappa shape index (κ2) is 13.8. The normalized spacial score (nSPS) is 9.83. The molecule has 18 heavy (non-hydrogen) atoms. The van der Waals surface area contributed by atoms with Gasteiger partial charge in [-0.25, -0.2) is 13.7 Å². The van der Waals surface area contributed by atoms with Crippen molar-refractivity contribution < 1.29 is 57.7 Å². The Labute approximate surface area is 104 Å². The molecule has 0 saturated carbocycles. The van der Waals surface area contributed by atoms with Crippen molar-refractivity contribution >= 4 is 23.5 Å². The van der Waals surface area contributed by atoms with Gasteiger partial charge in [-0.1, -0.05) is 22.3 Å². The van der Waals surface area contributed by atoms with Crippen molar-refractivity contribution in [3.05, 3.63) is 0 Å². The van der Waals surface area contributed by atoms with Crippen molar-refractivity contribution in [3.63, 3.8) is 0 Å².